The molecule has 0 unspecified atom stereocenters. The van der Waals surface area contributed by atoms with Crippen molar-refractivity contribution in [2.24, 2.45) is 0 Å². The zero-order valence-corrected chi connectivity index (χ0v) is 13.5. The van der Waals surface area contributed by atoms with Crippen LogP contribution in [0.1, 0.15) is 22.8 Å². The Morgan fingerprint density at radius 3 is 2.92 bits per heavy atom. The molecule has 25 heavy (non-hydrogen) atoms. The van der Waals surface area contributed by atoms with E-state index in [9.17, 15) is 9.59 Å². The Bertz CT molecular complexity index is 843. The number of rotatable bonds is 6. The van der Waals surface area contributed by atoms with E-state index in [1.54, 1.807) is 36.3 Å². The van der Waals surface area contributed by atoms with Gasteiger partial charge in [-0.15, -0.1) is 0 Å². The predicted octanol–water partition coefficient (Wildman–Crippen LogP) is 1.29. The Balaban J connectivity index is 1.55. The van der Waals surface area contributed by atoms with E-state index in [2.05, 4.69) is 20.7 Å². The molecule has 8 nitrogen and oxygen atoms in total. The van der Waals surface area contributed by atoms with E-state index in [1.165, 1.54) is 18.6 Å². The minimum atomic E-state index is -0.671. The maximum absolute atomic E-state index is 12.2. The van der Waals surface area contributed by atoms with Crippen molar-refractivity contribution < 1.29 is 14.0 Å². The summed E-state index contributed by atoms with van der Waals surface area (Å²) in [5.41, 5.74) is 1.25. The number of amides is 2. The molecule has 0 aliphatic heterocycles. The van der Waals surface area contributed by atoms with Gasteiger partial charge in [-0.2, -0.15) is 5.10 Å². The summed E-state index contributed by atoms with van der Waals surface area (Å²) in [7, 11) is 0. The van der Waals surface area contributed by atoms with Gasteiger partial charge in [-0.05, 0) is 36.8 Å². The van der Waals surface area contributed by atoms with E-state index < -0.39 is 6.04 Å². The van der Waals surface area contributed by atoms with Gasteiger partial charge in [0, 0.05) is 25.1 Å². The van der Waals surface area contributed by atoms with Crippen LogP contribution in [0.4, 0.5) is 0 Å². The monoisotopic (exact) mass is 339 g/mol. The minimum absolute atomic E-state index is 0.283. The smallest absolute Gasteiger partial charge is 0.255 e. The lowest BCUT2D eigenvalue weighted by Gasteiger charge is -2.14. The fraction of sp³-hybridized carbons (Fsp3) is 0.176. The largest absolute Gasteiger partial charge is 0.472 e. The Hall–Kier alpha value is -3.42. The van der Waals surface area contributed by atoms with Crippen LogP contribution >= 0.6 is 0 Å². The molecule has 0 aromatic carbocycles. The van der Waals surface area contributed by atoms with Crippen LogP contribution in [-0.2, 0) is 11.3 Å². The number of carbonyl (C=O) groups is 2. The van der Waals surface area contributed by atoms with Gasteiger partial charge in [-0.25, -0.2) is 9.67 Å². The van der Waals surface area contributed by atoms with Crippen LogP contribution in [0.5, 0.6) is 0 Å². The molecule has 0 spiro atoms. The average Bonchev–Trinajstić information content (AvgIpc) is 3.33. The highest BCUT2D eigenvalue weighted by molar-refractivity contribution is 5.97. The van der Waals surface area contributed by atoms with Crippen LogP contribution in [0, 0.1) is 0 Å². The van der Waals surface area contributed by atoms with Crippen molar-refractivity contribution in [1.29, 1.82) is 0 Å². The molecule has 2 amide bonds. The van der Waals surface area contributed by atoms with E-state index in [-0.39, 0.29) is 11.8 Å². The number of nitrogens with one attached hydrogen (secondary N) is 2. The lowest BCUT2D eigenvalue weighted by Crippen LogP contribution is -2.44. The summed E-state index contributed by atoms with van der Waals surface area (Å²) < 4.78 is 6.49. The highest BCUT2D eigenvalue weighted by Gasteiger charge is 2.17. The van der Waals surface area contributed by atoms with Crippen molar-refractivity contribution >= 4 is 11.8 Å². The topological polar surface area (TPSA) is 102 Å². The number of pyridine rings is 1. The summed E-state index contributed by atoms with van der Waals surface area (Å²) in [6.07, 6.45) is 7.84. The summed E-state index contributed by atoms with van der Waals surface area (Å²) in [6.45, 7) is 1.94. The first-order valence-electron chi connectivity index (χ1n) is 7.69. The summed E-state index contributed by atoms with van der Waals surface area (Å²) in [4.78, 5) is 28.3. The highest BCUT2D eigenvalue weighted by atomic mass is 16.3. The van der Waals surface area contributed by atoms with Gasteiger partial charge in [0.2, 0.25) is 5.91 Å². The molecule has 0 saturated carbocycles. The molecule has 128 valence electrons. The molecule has 0 saturated heterocycles. The maximum Gasteiger partial charge on any atom is 0.255 e. The van der Waals surface area contributed by atoms with Crippen molar-refractivity contribution in [2.45, 2.75) is 19.5 Å². The Morgan fingerprint density at radius 2 is 2.20 bits per heavy atom. The molecule has 0 bridgehead atoms. The summed E-state index contributed by atoms with van der Waals surface area (Å²) in [5, 5.41) is 9.52. The quantitative estimate of drug-likeness (QED) is 0.705. The molecular weight excluding hydrogens is 322 g/mol. The molecule has 0 radical (unpaired) electrons. The molecule has 3 aromatic rings. The van der Waals surface area contributed by atoms with Crippen molar-refractivity contribution in [3.8, 4) is 5.82 Å². The van der Waals surface area contributed by atoms with Crippen LogP contribution in [0.15, 0.2) is 59.8 Å². The number of furan rings is 1. The van der Waals surface area contributed by atoms with E-state index in [0.717, 1.165) is 5.56 Å². The van der Waals surface area contributed by atoms with Gasteiger partial charge in [-0.1, -0.05) is 0 Å². The van der Waals surface area contributed by atoms with Crippen LogP contribution in [0.3, 0.4) is 0 Å². The van der Waals surface area contributed by atoms with Crippen LogP contribution in [0.25, 0.3) is 5.82 Å². The van der Waals surface area contributed by atoms with Crippen molar-refractivity contribution in [1.82, 2.24) is 25.4 Å². The molecule has 0 aliphatic carbocycles. The fourth-order valence-electron chi connectivity index (χ4n) is 2.18. The van der Waals surface area contributed by atoms with Crippen LogP contribution < -0.4 is 10.6 Å². The summed E-state index contributed by atoms with van der Waals surface area (Å²) in [6, 6.07) is 6.31. The maximum atomic E-state index is 12.2. The first-order valence-corrected chi connectivity index (χ1v) is 7.69. The van der Waals surface area contributed by atoms with Gasteiger partial charge in [0.05, 0.1) is 11.8 Å². The standard InChI is InChI=1S/C17H17N5O3/c1-12(21-17(24)14-4-8-25-11-14)16(23)19-10-13-3-6-18-15(9-13)22-7-2-5-20-22/h2-9,11-12H,10H2,1H3,(H,19,23)(H,21,24)/t12-/m1/s1. The van der Waals surface area contributed by atoms with Crippen LogP contribution in [-0.4, -0.2) is 32.6 Å². The number of hydrogen-bond acceptors (Lipinski definition) is 5. The van der Waals surface area contributed by atoms with E-state index in [1.807, 2.05) is 12.1 Å². The van der Waals surface area contributed by atoms with E-state index in [0.29, 0.717) is 17.9 Å². The lowest BCUT2D eigenvalue weighted by atomic mass is 10.2. The zero-order valence-electron chi connectivity index (χ0n) is 13.5. The van der Waals surface area contributed by atoms with Gasteiger partial charge < -0.3 is 15.1 Å². The van der Waals surface area contributed by atoms with Gasteiger partial charge >= 0.3 is 0 Å². The van der Waals surface area contributed by atoms with Gasteiger partial charge in [0.15, 0.2) is 5.82 Å². The SMILES string of the molecule is C[C@@H](NC(=O)c1ccoc1)C(=O)NCc1ccnc(-n2cccn2)c1. The summed E-state index contributed by atoms with van der Waals surface area (Å²) in [5.74, 6) is 0.0219. The Labute approximate surface area is 143 Å². The molecule has 0 fully saturated rings. The number of nitrogens with zero attached hydrogens (tertiary/aromatic N) is 3. The van der Waals surface area contributed by atoms with E-state index in [4.69, 9.17) is 4.42 Å². The second kappa shape index (κ2) is 7.43. The third-order valence-corrected chi connectivity index (χ3v) is 3.54. The molecule has 3 heterocycles. The molecule has 2 N–H and O–H groups in total. The van der Waals surface area contributed by atoms with Gasteiger partial charge in [0.25, 0.3) is 5.91 Å². The van der Waals surface area contributed by atoms with Crippen LogP contribution in [0.2, 0.25) is 0 Å². The normalized spacial score (nSPS) is 11.7. The van der Waals surface area contributed by atoms with Crippen molar-refractivity contribution in [3.63, 3.8) is 0 Å². The molecule has 3 rings (SSSR count). The number of aromatic nitrogens is 3. The van der Waals surface area contributed by atoms with Crippen molar-refractivity contribution in [3.05, 3.63) is 66.5 Å². The average molecular weight is 339 g/mol. The number of hydrogen-bond donors (Lipinski definition) is 2. The van der Waals surface area contributed by atoms with Crippen molar-refractivity contribution in [2.75, 3.05) is 0 Å². The second-order valence-electron chi connectivity index (χ2n) is 5.40. The zero-order chi connectivity index (χ0) is 17.6. The molecule has 8 heteroatoms. The lowest BCUT2D eigenvalue weighted by molar-refractivity contribution is -0.122. The summed E-state index contributed by atoms with van der Waals surface area (Å²) >= 11 is 0. The van der Waals surface area contributed by atoms with Gasteiger partial charge in [-0.3, -0.25) is 9.59 Å². The molecule has 0 aliphatic rings. The minimum Gasteiger partial charge on any atom is -0.472 e. The molecule has 3 aromatic heterocycles. The third-order valence-electron chi connectivity index (χ3n) is 3.54. The highest BCUT2D eigenvalue weighted by Crippen LogP contribution is 2.06. The predicted molar refractivity (Wildman–Crippen MR) is 88.8 cm³/mol. The Morgan fingerprint density at radius 1 is 1.32 bits per heavy atom. The van der Waals surface area contributed by atoms with Gasteiger partial charge in [0.1, 0.15) is 12.3 Å². The fourth-order valence-corrected chi connectivity index (χ4v) is 2.18. The molecular formula is C17H17N5O3. The second-order valence-corrected chi connectivity index (χ2v) is 5.40. The first kappa shape index (κ1) is 16.4. The third kappa shape index (κ3) is 4.11. The number of carbonyl (C=O) groups excluding carboxylic acids is 2. The Kier molecular flexibility index (Phi) is 4.89. The first-order chi connectivity index (χ1) is 12.1. The van der Waals surface area contributed by atoms with E-state index >= 15 is 0 Å². The molecule has 1 atom stereocenters.